The summed E-state index contributed by atoms with van der Waals surface area (Å²) in [6, 6.07) is 1.05. The Balaban J connectivity index is 1.71. The number of unbranched alkanes of at least 4 members (excludes halogenated alkanes) is 1. The minimum atomic E-state index is -3.12. The van der Waals surface area contributed by atoms with Gasteiger partial charge in [0.05, 0.1) is 5.75 Å². The average Bonchev–Trinajstić information content (AvgIpc) is 2.81. The van der Waals surface area contributed by atoms with Crippen LogP contribution in [0.4, 0.5) is 0 Å². The van der Waals surface area contributed by atoms with Crippen LogP contribution in [0.3, 0.4) is 0 Å². The van der Waals surface area contributed by atoms with E-state index in [9.17, 15) is 8.42 Å². The summed E-state index contributed by atoms with van der Waals surface area (Å²) in [4.78, 5) is 2.46. The highest BCUT2D eigenvalue weighted by Gasteiger charge is 2.37. The van der Waals surface area contributed by atoms with Gasteiger partial charge >= 0.3 is 0 Å². The molecule has 124 valence electrons. The molecule has 6 heteroatoms. The van der Waals surface area contributed by atoms with E-state index in [1.54, 1.807) is 0 Å². The molecular formula is C15H31N3O2S. The molecule has 0 spiro atoms. The van der Waals surface area contributed by atoms with Crippen molar-refractivity contribution in [3.05, 3.63) is 0 Å². The maximum Gasteiger partial charge on any atom is 0.211 e. The Hall–Kier alpha value is -0.170. The summed E-state index contributed by atoms with van der Waals surface area (Å²) in [7, 11) is -3.12. The molecule has 2 saturated heterocycles. The molecule has 2 aliphatic heterocycles. The molecule has 0 aliphatic carbocycles. The molecule has 0 amide bonds. The van der Waals surface area contributed by atoms with Gasteiger partial charge in [-0.2, -0.15) is 0 Å². The summed E-state index contributed by atoms with van der Waals surface area (Å²) < 4.78 is 27.4. The molecule has 2 atom stereocenters. The Morgan fingerprint density at radius 1 is 1.14 bits per heavy atom. The number of piperidine rings is 1. The number of sulfonamides is 1. The summed E-state index contributed by atoms with van der Waals surface area (Å²) in [5, 5.41) is 3.32. The van der Waals surface area contributed by atoms with E-state index >= 15 is 0 Å². The second kappa shape index (κ2) is 7.90. The molecule has 2 heterocycles. The molecule has 0 aromatic heterocycles. The lowest BCUT2D eigenvalue weighted by molar-refractivity contribution is 0.186. The van der Waals surface area contributed by atoms with Gasteiger partial charge in [-0.1, -0.05) is 20.3 Å². The smallest absolute Gasteiger partial charge is 0.211 e. The van der Waals surface area contributed by atoms with E-state index in [0.29, 0.717) is 12.1 Å². The number of fused-ring (bicyclic) bond motifs is 1. The number of hydrogen-bond donors (Lipinski definition) is 2. The first-order valence-corrected chi connectivity index (χ1v) is 10.1. The van der Waals surface area contributed by atoms with Crippen LogP contribution < -0.4 is 10.0 Å². The Bertz CT molecular complexity index is 411. The zero-order chi connectivity index (χ0) is 15.3. The second-order valence-corrected chi connectivity index (χ2v) is 8.62. The van der Waals surface area contributed by atoms with Crippen molar-refractivity contribution in [2.24, 2.45) is 0 Å². The highest BCUT2D eigenvalue weighted by atomic mass is 32.2. The maximum atomic E-state index is 12.2. The summed E-state index contributed by atoms with van der Waals surface area (Å²) >= 11 is 0. The van der Waals surface area contributed by atoms with E-state index in [1.165, 1.54) is 12.8 Å². The SMILES string of the molecule is CC(C)NCCCCS(=O)(=O)NC1CCN2CCCCC12. The molecule has 0 bridgehead atoms. The van der Waals surface area contributed by atoms with E-state index in [1.807, 2.05) is 0 Å². The van der Waals surface area contributed by atoms with Crippen LogP contribution in [0.15, 0.2) is 0 Å². The number of rotatable bonds is 8. The van der Waals surface area contributed by atoms with Crippen LogP contribution in [0.5, 0.6) is 0 Å². The van der Waals surface area contributed by atoms with E-state index in [2.05, 4.69) is 28.8 Å². The molecular weight excluding hydrogens is 286 g/mol. The zero-order valence-corrected chi connectivity index (χ0v) is 14.3. The van der Waals surface area contributed by atoms with Gasteiger partial charge in [-0.3, -0.25) is 4.90 Å². The monoisotopic (exact) mass is 317 g/mol. The van der Waals surface area contributed by atoms with Gasteiger partial charge in [-0.05, 0) is 45.2 Å². The average molecular weight is 317 g/mol. The van der Waals surface area contributed by atoms with Crippen LogP contribution in [0.2, 0.25) is 0 Å². The molecule has 0 saturated carbocycles. The summed E-state index contributed by atoms with van der Waals surface area (Å²) in [5.41, 5.74) is 0. The fraction of sp³-hybridized carbons (Fsp3) is 1.00. The van der Waals surface area contributed by atoms with Crippen molar-refractivity contribution in [2.45, 2.75) is 70.5 Å². The normalized spacial score (nSPS) is 27.2. The molecule has 2 rings (SSSR count). The van der Waals surface area contributed by atoms with Gasteiger partial charge < -0.3 is 5.32 Å². The first kappa shape index (κ1) is 17.2. The molecule has 0 radical (unpaired) electrons. The summed E-state index contributed by atoms with van der Waals surface area (Å²) in [6.07, 6.45) is 6.26. The largest absolute Gasteiger partial charge is 0.315 e. The standard InChI is InChI=1S/C15H31N3O2S/c1-13(2)16-9-4-6-12-21(19,20)17-14-8-11-18-10-5-3-7-15(14)18/h13-17H,3-12H2,1-2H3. The molecule has 2 fully saturated rings. The third-order valence-electron chi connectivity index (χ3n) is 4.58. The maximum absolute atomic E-state index is 12.2. The van der Waals surface area contributed by atoms with Crippen LogP contribution in [-0.4, -0.2) is 56.8 Å². The van der Waals surface area contributed by atoms with Gasteiger partial charge in [-0.15, -0.1) is 0 Å². The first-order chi connectivity index (χ1) is 9.98. The number of nitrogens with one attached hydrogen (secondary N) is 2. The van der Waals surface area contributed by atoms with Crippen molar-refractivity contribution < 1.29 is 8.42 Å². The zero-order valence-electron chi connectivity index (χ0n) is 13.5. The van der Waals surface area contributed by atoms with Gasteiger partial charge in [0.25, 0.3) is 0 Å². The lowest BCUT2D eigenvalue weighted by atomic mass is 10.00. The highest BCUT2D eigenvalue weighted by Crippen LogP contribution is 2.27. The summed E-state index contributed by atoms with van der Waals surface area (Å²) in [6.45, 7) is 7.30. The van der Waals surface area contributed by atoms with E-state index in [-0.39, 0.29) is 11.8 Å². The minimum Gasteiger partial charge on any atom is -0.315 e. The third-order valence-corrected chi connectivity index (χ3v) is 6.07. The lowest BCUT2D eigenvalue weighted by Crippen LogP contribution is -2.47. The van der Waals surface area contributed by atoms with Gasteiger partial charge in [0.1, 0.15) is 0 Å². The molecule has 0 aromatic carbocycles. The predicted molar refractivity (Wildman–Crippen MR) is 86.9 cm³/mol. The van der Waals surface area contributed by atoms with Crippen LogP contribution in [0, 0.1) is 0 Å². The van der Waals surface area contributed by atoms with Crippen molar-refractivity contribution >= 4 is 10.0 Å². The number of hydrogen-bond acceptors (Lipinski definition) is 4. The second-order valence-electron chi connectivity index (χ2n) is 6.75. The van der Waals surface area contributed by atoms with Crippen LogP contribution >= 0.6 is 0 Å². The Morgan fingerprint density at radius 2 is 1.95 bits per heavy atom. The topological polar surface area (TPSA) is 61.4 Å². The van der Waals surface area contributed by atoms with E-state index in [4.69, 9.17) is 0 Å². The fourth-order valence-electron chi connectivity index (χ4n) is 3.48. The van der Waals surface area contributed by atoms with Gasteiger partial charge in [0.15, 0.2) is 0 Å². The lowest BCUT2D eigenvalue weighted by Gasteiger charge is -2.32. The minimum absolute atomic E-state index is 0.143. The fourth-order valence-corrected chi connectivity index (χ4v) is 4.92. The highest BCUT2D eigenvalue weighted by molar-refractivity contribution is 7.89. The van der Waals surface area contributed by atoms with Gasteiger partial charge in [-0.25, -0.2) is 13.1 Å². The Morgan fingerprint density at radius 3 is 2.71 bits per heavy atom. The van der Waals surface area contributed by atoms with Crippen molar-refractivity contribution in [2.75, 3.05) is 25.4 Å². The van der Waals surface area contributed by atoms with Gasteiger partial charge in [0, 0.05) is 24.7 Å². The van der Waals surface area contributed by atoms with E-state index in [0.717, 1.165) is 45.3 Å². The molecule has 21 heavy (non-hydrogen) atoms. The molecule has 2 aliphatic rings. The van der Waals surface area contributed by atoms with Crippen LogP contribution in [-0.2, 0) is 10.0 Å². The van der Waals surface area contributed by atoms with Crippen molar-refractivity contribution in [3.8, 4) is 0 Å². The Labute approximate surface area is 129 Å². The molecule has 2 N–H and O–H groups in total. The van der Waals surface area contributed by atoms with Crippen molar-refractivity contribution in [3.63, 3.8) is 0 Å². The third kappa shape index (κ3) is 5.51. The van der Waals surface area contributed by atoms with E-state index < -0.39 is 10.0 Å². The Kier molecular flexibility index (Phi) is 6.47. The number of nitrogens with zero attached hydrogens (tertiary/aromatic N) is 1. The van der Waals surface area contributed by atoms with Crippen molar-refractivity contribution in [1.29, 1.82) is 0 Å². The first-order valence-electron chi connectivity index (χ1n) is 8.45. The molecule has 0 aromatic rings. The molecule has 2 unspecified atom stereocenters. The predicted octanol–water partition coefficient (Wildman–Crippen LogP) is 1.31. The molecule has 5 nitrogen and oxygen atoms in total. The quantitative estimate of drug-likeness (QED) is 0.663. The van der Waals surface area contributed by atoms with Crippen LogP contribution in [0.1, 0.15) is 52.4 Å². The van der Waals surface area contributed by atoms with Gasteiger partial charge in [0.2, 0.25) is 10.0 Å². The summed E-state index contributed by atoms with van der Waals surface area (Å²) in [5.74, 6) is 0.260. The van der Waals surface area contributed by atoms with Crippen LogP contribution in [0.25, 0.3) is 0 Å². The van der Waals surface area contributed by atoms with Crippen molar-refractivity contribution in [1.82, 2.24) is 14.9 Å².